The molecule has 2 aromatic rings. The van der Waals surface area contributed by atoms with E-state index in [-0.39, 0.29) is 0 Å². The zero-order valence-electron chi connectivity index (χ0n) is 8.97. The predicted molar refractivity (Wildman–Crippen MR) is 63.3 cm³/mol. The summed E-state index contributed by atoms with van der Waals surface area (Å²) >= 11 is 0. The van der Waals surface area contributed by atoms with Crippen molar-refractivity contribution in [2.24, 2.45) is 5.84 Å². The summed E-state index contributed by atoms with van der Waals surface area (Å²) < 4.78 is 5.67. The number of nitrogens with two attached hydrogens (primary N) is 1. The molecule has 0 unspecified atom stereocenters. The number of hydrogen-bond acceptors (Lipinski definition) is 4. The Hall–Kier alpha value is -2.07. The molecule has 2 rings (SSSR count). The molecule has 0 spiro atoms. The minimum absolute atomic E-state index is 0.574. The fourth-order valence-electron chi connectivity index (χ4n) is 1.37. The van der Waals surface area contributed by atoms with E-state index in [0.717, 1.165) is 11.3 Å². The third-order valence-corrected chi connectivity index (χ3v) is 2.10. The van der Waals surface area contributed by atoms with Gasteiger partial charge in [0.1, 0.15) is 17.3 Å². The Balaban J connectivity index is 2.20. The first kappa shape index (κ1) is 10.4. The molecule has 16 heavy (non-hydrogen) atoms. The van der Waals surface area contributed by atoms with Gasteiger partial charge in [0.25, 0.3) is 0 Å². The molecule has 1 aromatic carbocycles. The van der Waals surface area contributed by atoms with Gasteiger partial charge < -0.3 is 10.2 Å². The van der Waals surface area contributed by atoms with Crippen LogP contribution in [0.15, 0.2) is 42.6 Å². The number of aromatic nitrogens is 1. The molecule has 0 saturated carbocycles. The zero-order valence-corrected chi connectivity index (χ0v) is 8.97. The number of nitrogens with zero attached hydrogens (tertiary/aromatic N) is 1. The number of benzene rings is 1. The van der Waals surface area contributed by atoms with Crippen LogP contribution >= 0.6 is 0 Å². The second-order valence-corrected chi connectivity index (χ2v) is 3.44. The highest BCUT2D eigenvalue weighted by atomic mass is 16.5. The summed E-state index contributed by atoms with van der Waals surface area (Å²) in [7, 11) is 0. The normalized spacial score (nSPS) is 9.88. The lowest BCUT2D eigenvalue weighted by Crippen LogP contribution is -2.08. The number of nitrogen functional groups attached to an aromatic ring is 1. The Morgan fingerprint density at radius 1 is 1.19 bits per heavy atom. The van der Waals surface area contributed by atoms with E-state index < -0.39 is 0 Å². The maximum Gasteiger partial charge on any atom is 0.143 e. The van der Waals surface area contributed by atoms with Crippen molar-refractivity contribution in [3.05, 3.63) is 48.2 Å². The second kappa shape index (κ2) is 4.63. The van der Waals surface area contributed by atoms with Crippen LogP contribution in [0.3, 0.4) is 0 Å². The van der Waals surface area contributed by atoms with Crippen molar-refractivity contribution in [3.8, 4) is 11.5 Å². The summed E-state index contributed by atoms with van der Waals surface area (Å²) in [6.45, 7) is 2.02. The van der Waals surface area contributed by atoms with Crippen LogP contribution < -0.4 is 16.0 Å². The van der Waals surface area contributed by atoms with Gasteiger partial charge in [-0.25, -0.2) is 10.8 Å². The van der Waals surface area contributed by atoms with Gasteiger partial charge >= 0.3 is 0 Å². The third-order valence-electron chi connectivity index (χ3n) is 2.10. The van der Waals surface area contributed by atoms with Gasteiger partial charge in [0.05, 0.1) is 0 Å². The molecule has 0 atom stereocenters. The summed E-state index contributed by atoms with van der Waals surface area (Å²) in [4.78, 5) is 4.00. The van der Waals surface area contributed by atoms with E-state index in [1.165, 1.54) is 0 Å². The molecule has 0 aliphatic carbocycles. The smallest absolute Gasteiger partial charge is 0.143 e. The number of nitrogens with one attached hydrogen (secondary N) is 1. The van der Waals surface area contributed by atoms with Gasteiger partial charge in [0.2, 0.25) is 0 Å². The first-order valence-electron chi connectivity index (χ1n) is 4.95. The van der Waals surface area contributed by atoms with Gasteiger partial charge in [-0.05, 0) is 30.7 Å². The molecule has 4 nitrogen and oxygen atoms in total. The van der Waals surface area contributed by atoms with E-state index >= 15 is 0 Å². The van der Waals surface area contributed by atoms with Crippen molar-refractivity contribution in [2.75, 3.05) is 5.43 Å². The van der Waals surface area contributed by atoms with Crippen molar-refractivity contribution < 1.29 is 4.74 Å². The summed E-state index contributed by atoms with van der Waals surface area (Å²) in [6, 6.07) is 11.4. The lowest BCUT2D eigenvalue weighted by molar-refractivity contribution is 0.482. The van der Waals surface area contributed by atoms with Crippen LogP contribution in [0, 0.1) is 6.92 Å². The van der Waals surface area contributed by atoms with E-state index in [1.54, 1.807) is 18.3 Å². The molecule has 1 heterocycles. The molecule has 0 amide bonds. The van der Waals surface area contributed by atoms with E-state index in [4.69, 9.17) is 10.6 Å². The molecule has 0 bridgehead atoms. The van der Waals surface area contributed by atoms with E-state index in [0.29, 0.717) is 11.6 Å². The lowest BCUT2D eigenvalue weighted by atomic mass is 10.2. The van der Waals surface area contributed by atoms with Gasteiger partial charge in [-0.15, -0.1) is 0 Å². The van der Waals surface area contributed by atoms with Gasteiger partial charge in [-0.1, -0.05) is 12.1 Å². The SMILES string of the molecule is Cc1cccc(Oc2ccnc(NN)c2)c1. The highest BCUT2D eigenvalue weighted by Crippen LogP contribution is 2.23. The fourth-order valence-corrected chi connectivity index (χ4v) is 1.37. The van der Waals surface area contributed by atoms with Crippen LogP contribution in [-0.2, 0) is 0 Å². The minimum Gasteiger partial charge on any atom is -0.457 e. The Morgan fingerprint density at radius 2 is 2.00 bits per heavy atom. The number of ether oxygens (including phenoxy) is 1. The monoisotopic (exact) mass is 215 g/mol. The molecule has 0 radical (unpaired) electrons. The quantitative estimate of drug-likeness (QED) is 0.610. The average molecular weight is 215 g/mol. The molecule has 0 aliphatic rings. The van der Waals surface area contributed by atoms with E-state index in [1.807, 2.05) is 31.2 Å². The molecule has 0 saturated heterocycles. The van der Waals surface area contributed by atoms with Crippen molar-refractivity contribution >= 4 is 5.82 Å². The van der Waals surface area contributed by atoms with Crippen molar-refractivity contribution in [3.63, 3.8) is 0 Å². The number of rotatable bonds is 3. The summed E-state index contributed by atoms with van der Waals surface area (Å²) in [5.41, 5.74) is 3.63. The molecule has 1 aromatic heterocycles. The van der Waals surface area contributed by atoms with E-state index in [9.17, 15) is 0 Å². The minimum atomic E-state index is 0.574. The summed E-state index contributed by atoms with van der Waals surface area (Å²) in [5, 5.41) is 0. The largest absolute Gasteiger partial charge is 0.457 e. The second-order valence-electron chi connectivity index (χ2n) is 3.44. The number of aryl methyl sites for hydroxylation is 1. The maximum absolute atomic E-state index is 5.67. The van der Waals surface area contributed by atoms with E-state index in [2.05, 4.69) is 10.4 Å². The molecular weight excluding hydrogens is 202 g/mol. The number of hydrogen-bond donors (Lipinski definition) is 2. The van der Waals surface area contributed by atoms with Crippen molar-refractivity contribution in [1.29, 1.82) is 0 Å². The van der Waals surface area contributed by atoms with Crippen LogP contribution in [0.25, 0.3) is 0 Å². The Labute approximate surface area is 94.0 Å². The summed E-state index contributed by atoms with van der Waals surface area (Å²) in [6.07, 6.45) is 1.64. The van der Waals surface area contributed by atoms with Gasteiger partial charge in [0, 0.05) is 12.3 Å². The highest BCUT2D eigenvalue weighted by molar-refractivity contribution is 5.41. The molecule has 0 fully saturated rings. The summed E-state index contributed by atoms with van der Waals surface area (Å²) in [5.74, 6) is 7.34. The van der Waals surface area contributed by atoms with Crippen LogP contribution in [0.2, 0.25) is 0 Å². The Morgan fingerprint density at radius 3 is 2.75 bits per heavy atom. The number of hydrazine groups is 1. The molecule has 0 aliphatic heterocycles. The lowest BCUT2D eigenvalue weighted by Gasteiger charge is -2.07. The first-order valence-corrected chi connectivity index (χ1v) is 4.95. The third kappa shape index (κ3) is 2.49. The van der Waals surface area contributed by atoms with Crippen LogP contribution in [0.5, 0.6) is 11.5 Å². The van der Waals surface area contributed by atoms with Crippen LogP contribution in [0.4, 0.5) is 5.82 Å². The Bertz CT molecular complexity index is 485. The maximum atomic E-state index is 5.67. The standard InChI is InChI=1S/C12H13N3O/c1-9-3-2-4-10(7-9)16-11-5-6-14-12(8-11)15-13/h2-8H,13H2,1H3,(H,14,15). The van der Waals surface area contributed by atoms with Crippen molar-refractivity contribution in [1.82, 2.24) is 4.98 Å². The van der Waals surface area contributed by atoms with Crippen molar-refractivity contribution in [2.45, 2.75) is 6.92 Å². The van der Waals surface area contributed by atoms with Crippen LogP contribution in [-0.4, -0.2) is 4.98 Å². The number of anilines is 1. The predicted octanol–water partition coefficient (Wildman–Crippen LogP) is 2.47. The molecule has 82 valence electrons. The molecule has 3 N–H and O–H groups in total. The Kier molecular flexibility index (Phi) is 3.03. The highest BCUT2D eigenvalue weighted by Gasteiger charge is 1.99. The van der Waals surface area contributed by atoms with Crippen LogP contribution in [0.1, 0.15) is 5.56 Å². The number of pyridine rings is 1. The molecule has 4 heteroatoms. The van der Waals surface area contributed by atoms with Gasteiger partial charge in [-0.3, -0.25) is 0 Å². The fraction of sp³-hybridized carbons (Fsp3) is 0.0833. The average Bonchev–Trinajstić information content (AvgIpc) is 2.29. The topological polar surface area (TPSA) is 60.2 Å². The first-order chi connectivity index (χ1) is 7.78. The van der Waals surface area contributed by atoms with Gasteiger partial charge in [0.15, 0.2) is 0 Å². The van der Waals surface area contributed by atoms with Gasteiger partial charge in [-0.2, -0.15) is 0 Å². The molecular formula is C12H13N3O. The zero-order chi connectivity index (χ0) is 11.4.